The van der Waals surface area contributed by atoms with Crippen molar-refractivity contribution < 1.29 is 8.42 Å². The van der Waals surface area contributed by atoms with Crippen LogP contribution in [0.5, 0.6) is 0 Å². The highest BCUT2D eigenvalue weighted by Gasteiger charge is 2.20. The third kappa shape index (κ3) is 2.31. The summed E-state index contributed by atoms with van der Waals surface area (Å²) in [7, 11) is -1.72. The summed E-state index contributed by atoms with van der Waals surface area (Å²) in [6.07, 6.45) is 1.80. The lowest BCUT2D eigenvalue weighted by molar-refractivity contribution is 0.589. The number of rotatable bonds is 2. The molecule has 0 aliphatic heterocycles. The smallest absolute Gasteiger partial charge is 0.249 e. The van der Waals surface area contributed by atoms with Gasteiger partial charge in [0.15, 0.2) is 0 Å². The first-order valence-electron chi connectivity index (χ1n) is 6.05. The normalized spacial score (nSPS) is 12.4. The standard InChI is InChI=1S/C12H10BrClN4O2S/c1-3-21(19,20)12-15-8-4-7(13)10-6(5-18(2)17-10)9(8)11(14)16-12/h4-5H,3H2,1-2H3. The van der Waals surface area contributed by atoms with Gasteiger partial charge in [0, 0.05) is 28.5 Å². The van der Waals surface area contributed by atoms with E-state index in [1.165, 1.54) is 6.92 Å². The number of fused-ring (bicyclic) bond motifs is 3. The van der Waals surface area contributed by atoms with E-state index in [9.17, 15) is 8.42 Å². The molecule has 1 aromatic carbocycles. The van der Waals surface area contributed by atoms with Gasteiger partial charge in [-0.15, -0.1) is 0 Å². The largest absolute Gasteiger partial charge is 0.275 e. The van der Waals surface area contributed by atoms with Gasteiger partial charge in [0.25, 0.3) is 0 Å². The Labute approximate surface area is 134 Å². The average molecular weight is 390 g/mol. The van der Waals surface area contributed by atoms with Crippen LogP contribution in [-0.2, 0) is 16.9 Å². The van der Waals surface area contributed by atoms with Gasteiger partial charge in [-0.1, -0.05) is 18.5 Å². The van der Waals surface area contributed by atoms with Crippen molar-refractivity contribution in [2.24, 2.45) is 7.05 Å². The molecule has 0 N–H and O–H groups in total. The summed E-state index contributed by atoms with van der Waals surface area (Å²) >= 11 is 9.62. The summed E-state index contributed by atoms with van der Waals surface area (Å²) < 4.78 is 26.3. The molecule has 0 bridgehead atoms. The zero-order valence-corrected chi connectivity index (χ0v) is 14.3. The summed E-state index contributed by atoms with van der Waals surface area (Å²) in [5.41, 5.74) is 1.19. The molecule has 0 aliphatic rings. The molecule has 0 saturated heterocycles. The maximum Gasteiger partial charge on any atom is 0.249 e. The average Bonchev–Trinajstić information content (AvgIpc) is 2.80. The number of benzene rings is 1. The molecule has 6 nitrogen and oxygen atoms in total. The number of hydrogen-bond donors (Lipinski definition) is 0. The van der Waals surface area contributed by atoms with Crippen molar-refractivity contribution in [1.82, 2.24) is 19.7 Å². The summed E-state index contributed by atoms with van der Waals surface area (Å²) in [6, 6.07) is 1.70. The van der Waals surface area contributed by atoms with E-state index in [2.05, 4.69) is 31.0 Å². The van der Waals surface area contributed by atoms with Gasteiger partial charge in [-0.05, 0) is 22.0 Å². The van der Waals surface area contributed by atoms with Crippen LogP contribution >= 0.6 is 27.5 Å². The minimum Gasteiger partial charge on any atom is -0.275 e. The van der Waals surface area contributed by atoms with E-state index in [4.69, 9.17) is 11.6 Å². The van der Waals surface area contributed by atoms with Crippen molar-refractivity contribution in [2.75, 3.05) is 5.75 Å². The zero-order chi connectivity index (χ0) is 15.4. The summed E-state index contributed by atoms with van der Waals surface area (Å²) in [5.74, 6) is -0.0782. The maximum atomic E-state index is 11.9. The number of nitrogens with zero attached hydrogens (tertiary/aromatic N) is 4. The van der Waals surface area contributed by atoms with E-state index in [0.29, 0.717) is 10.9 Å². The van der Waals surface area contributed by atoms with Crippen LogP contribution in [0.1, 0.15) is 6.92 Å². The van der Waals surface area contributed by atoms with Gasteiger partial charge in [0.05, 0.1) is 11.3 Å². The maximum absolute atomic E-state index is 11.9. The van der Waals surface area contributed by atoms with Gasteiger partial charge < -0.3 is 0 Å². The third-order valence-electron chi connectivity index (χ3n) is 3.12. The van der Waals surface area contributed by atoms with Gasteiger partial charge in [-0.2, -0.15) is 5.10 Å². The Hall–Kier alpha value is -1.25. The van der Waals surface area contributed by atoms with E-state index in [1.807, 2.05) is 0 Å². The molecule has 0 unspecified atom stereocenters. The molecule has 0 saturated carbocycles. The SMILES string of the molecule is CCS(=O)(=O)c1nc(Cl)c2c(cc(Br)c3nn(C)cc32)n1. The van der Waals surface area contributed by atoms with Crippen LogP contribution in [0.3, 0.4) is 0 Å². The van der Waals surface area contributed by atoms with Crippen LogP contribution in [-0.4, -0.2) is 33.9 Å². The molecule has 3 rings (SSSR count). The second-order valence-corrected chi connectivity index (χ2v) is 7.90. The highest BCUT2D eigenvalue weighted by atomic mass is 79.9. The fourth-order valence-corrected chi connectivity index (χ4v) is 3.65. The molecule has 0 aliphatic carbocycles. The molecule has 2 aromatic heterocycles. The topological polar surface area (TPSA) is 77.7 Å². The molecule has 3 aromatic rings. The fourth-order valence-electron chi connectivity index (χ4n) is 2.09. The number of aryl methyl sites for hydroxylation is 1. The molecular formula is C12H10BrClN4O2S. The predicted molar refractivity (Wildman–Crippen MR) is 84.2 cm³/mol. The first kappa shape index (κ1) is 14.7. The van der Waals surface area contributed by atoms with Gasteiger partial charge in [-0.3, -0.25) is 4.68 Å². The molecular weight excluding hydrogens is 380 g/mol. The van der Waals surface area contributed by atoms with Gasteiger partial charge >= 0.3 is 0 Å². The van der Waals surface area contributed by atoms with Gasteiger partial charge in [0.2, 0.25) is 15.0 Å². The predicted octanol–water partition coefficient (Wildman–Crippen LogP) is 2.73. The Morgan fingerprint density at radius 1 is 1.38 bits per heavy atom. The van der Waals surface area contributed by atoms with Crippen LogP contribution < -0.4 is 0 Å². The van der Waals surface area contributed by atoms with Gasteiger partial charge in [0.1, 0.15) is 10.7 Å². The Balaban J connectivity index is 2.48. The van der Waals surface area contributed by atoms with Gasteiger partial charge in [-0.25, -0.2) is 18.4 Å². The number of sulfone groups is 1. The number of hydrogen-bond acceptors (Lipinski definition) is 5. The Kier molecular flexibility index (Phi) is 3.42. The van der Waals surface area contributed by atoms with Crippen LogP contribution in [0.2, 0.25) is 5.15 Å². The molecule has 0 spiro atoms. The molecule has 110 valence electrons. The highest BCUT2D eigenvalue weighted by Crippen LogP contribution is 2.34. The minimum absolute atomic E-state index is 0.0782. The quantitative estimate of drug-likeness (QED) is 0.497. The number of aromatic nitrogens is 4. The molecule has 9 heteroatoms. The molecule has 0 atom stereocenters. The second kappa shape index (κ2) is 4.89. The van der Waals surface area contributed by atoms with Crippen molar-refractivity contribution in [3.05, 3.63) is 21.9 Å². The lowest BCUT2D eigenvalue weighted by Gasteiger charge is -2.06. The van der Waals surface area contributed by atoms with E-state index in [0.717, 1.165) is 15.4 Å². The Morgan fingerprint density at radius 3 is 2.76 bits per heavy atom. The van der Waals surface area contributed by atoms with Crippen molar-refractivity contribution in [3.8, 4) is 0 Å². The van der Waals surface area contributed by atoms with Crippen LogP contribution in [0.15, 0.2) is 21.9 Å². The van der Waals surface area contributed by atoms with Crippen molar-refractivity contribution in [2.45, 2.75) is 12.1 Å². The Bertz CT molecular complexity index is 984. The van der Waals surface area contributed by atoms with Crippen LogP contribution in [0, 0.1) is 0 Å². The lowest BCUT2D eigenvalue weighted by atomic mass is 10.2. The summed E-state index contributed by atoms with van der Waals surface area (Å²) in [4.78, 5) is 8.10. The zero-order valence-electron chi connectivity index (χ0n) is 11.1. The molecule has 2 heterocycles. The second-order valence-electron chi connectivity index (χ2n) is 4.52. The molecule has 21 heavy (non-hydrogen) atoms. The first-order valence-corrected chi connectivity index (χ1v) is 8.87. The fraction of sp³-hybridized carbons (Fsp3) is 0.250. The minimum atomic E-state index is -3.52. The number of halogens is 2. The van der Waals surface area contributed by atoms with E-state index in [-0.39, 0.29) is 16.1 Å². The molecule has 0 radical (unpaired) electrons. The van der Waals surface area contributed by atoms with Crippen molar-refractivity contribution >= 4 is 59.2 Å². The summed E-state index contributed by atoms with van der Waals surface area (Å²) in [6.45, 7) is 1.54. The lowest BCUT2D eigenvalue weighted by Crippen LogP contribution is -2.09. The third-order valence-corrected chi connectivity index (χ3v) is 5.50. The highest BCUT2D eigenvalue weighted by molar-refractivity contribution is 9.10. The summed E-state index contributed by atoms with van der Waals surface area (Å²) in [5, 5.41) is 5.55. The molecule has 0 fully saturated rings. The van der Waals surface area contributed by atoms with E-state index in [1.54, 1.807) is 24.0 Å². The Morgan fingerprint density at radius 2 is 2.10 bits per heavy atom. The molecule has 0 amide bonds. The monoisotopic (exact) mass is 388 g/mol. The van der Waals surface area contributed by atoms with Crippen molar-refractivity contribution in [1.29, 1.82) is 0 Å². The van der Waals surface area contributed by atoms with E-state index >= 15 is 0 Å². The van der Waals surface area contributed by atoms with Crippen LogP contribution in [0.4, 0.5) is 0 Å². The van der Waals surface area contributed by atoms with Crippen molar-refractivity contribution in [3.63, 3.8) is 0 Å². The van der Waals surface area contributed by atoms with E-state index < -0.39 is 9.84 Å². The van der Waals surface area contributed by atoms with Crippen LogP contribution in [0.25, 0.3) is 21.8 Å². The first-order chi connectivity index (χ1) is 9.83.